The van der Waals surface area contributed by atoms with Crippen LogP contribution in [0.3, 0.4) is 0 Å². The SMILES string of the molecule is COc1cccc(C(O)CSc2cnn(C)c2)c1. The van der Waals surface area contributed by atoms with Crippen LogP contribution in [0, 0.1) is 0 Å². The second-order valence-electron chi connectivity index (χ2n) is 3.95. The van der Waals surface area contributed by atoms with Crippen LogP contribution in [0.2, 0.25) is 0 Å². The predicted octanol–water partition coefficient (Wildman–Crippen LogP) is 2.25. The third-order valence-electron chi connectivity index (χ3n) is 2.57. The van der Waals surface area contributed by atoms with Crippen molar-refractivity contribution >= 4 is 11.8 Å². The summed E-state index contributed by atoms with van der Waals surface area (Å²) in [5.74, 6) is 1.36. The Labute approximate surface area is 111 Å². The molecule has 1 heterocycles. The van der Waals surface area contributed by atoms with Gasteiger partial charge in [0.1, 0.15) is 5.75 Å². The molecule has 0 radical (unpaired) electrons. The van der Waals surface area contributed by atoms with E-state index in [-0.39, 0.29) is 0 Å². The Morgan fingerprint density at radius 1 is 1.50 bits per heavy atom. The molecular formula is C13H16N2O2S. The number of methoxy groups -OCH3 is 1. The maximum Gasteiger partial charge on any atom is 0.119 e. The summed E-state index contributed by atoms with van der Waals surface area (Å²) in [7, 11) is 3.50. The van der Waals surface area contributed by atoms with Crippen molar-refractivity contribution in [2.75, 3.05) is 12.9 Å². The third kappa shape index (κ3) is 3.27. The molecule has 0 spiro atoms. The van der Waals surface area contributed by atoms with Gasteiger partial charge in [-0.3, -0.25) is 4.68 Å². The minimum Gasteiger partial charge on any atom is -0.497 e. The minimum atomic E-state index is -0.509. The number of benzene rings is 1. The van der Waals surface area contributed by atoms with Crippen LogP contribution in [0.1, 0.15) is 11.7 Å². The summed E-state index contributed by atoms with van der Waals surface area (Å²) in [4.78, 5) is 1.06. The van der Waals surface area contributed by atoms with E-state index < -0.39 is 6.10 Å². The molecule has 0 aliphatic rings. The fraction of sp³-hybridized carbons (Fsp3) is 0.308. The number of aryl methyl sites for hydroxylation is 1. The lowest BCUT2D eigenvalue weighted by Gasteiger charge is -2.11. The Balaban J connectivity index is 1.96. The maximum absolute atomic E-state index is 10.1. The predicted molar refractivity (Wildman–Crippen MR) is 71.9 cm³/mol. The van der Waals surface area contributed by atoms with Crippen LogP contribution in [0.5, 0.6) is 5.75 Å². The highest BCUT2D eigenvalue weighted by molar-refractivity contribution is 7.99. The van der Waals surface area contributed by atoms with Gasteiger partial charge in [0.2, 0.25) is 0 Å². The van der Waals surface area contributed by atoms with Gasteiger partial charge in [0.05, 0.1) is 19.4 Å². The molecule has 0 amide bonds. The zero-order chi connectivity index (χ0) is 13.0. The number of aliphatic hydroxyl groups is 1. The highest BCUT2D eigenvalue weighted by Crippen LogP contribution is 2.26. The molecule has 0 saturated carbocycles. The van der Waals surface area contributed by atoms with E-state index in [0.717, 1.165) is 16.2 Å². The molecule has 1 N–H and O–H groups in total. The molecule has 18 heavy (non-hydrogen) atoms. The van der Waals surface area contributed by atoms with E-state index >= 15 is 0 Å². The van der Waals surface area contributed by atoms with Crippen LogP contribution in [0.25, 0.3) is 0 Å². The van der Waals surface area contributed by atoms with Crippen molar-refractivity contribution in [1.29, 1.82) is 0 Å². The molecule has 1 aromatic carbocycles. The molecule has 0 aliphatic heterocycles. The summed E-state index contributed by atoms with van der Waals surface area (Å²) in [6, 6.07) is 7.50. The van der Waals surface area contributed by atoms with Crippen LogP contribution in [-0.4, -0.2) is 27.7 Å². The molecule has 4 nitrogen and oxygen atoms in total. The first-order valence-corrected chi connectivity index (χ1v) is 6.61. The Morgan fingerprint density at radius 3 is 3.00 bits per heavy atom. The highest BCUT2D eigenvalue weighted by Gasteiger charge is 2.09. The van der Waals surface area contributed by atoms with Crippen molar-refractivity contribution in [3.63, 3.8) is 0 Å². The van der Waals surface area contributed by atoms with Crippen molar-refractivity contribution in [2.45, 2.75) is 11.0 Å². The standard InChI is InChI=1S/C13H16N2O2S/c1-15-8-12(7-14-15)18-9-13(16)10-4-3-5-11(6-10)17-2/h3-8,13,16H,9H2,1-2H3. The van der Waals surface area contributed by atoms with Crippen molar-refractivity contribution in [3.8, 4) is 5.75 Å². The lowest BCUT2D eigenvalue weighted by atomic mass is 10.1. The molecule has 1 aromatic heterocycles. The maximum atomic E-state index is 10.1. The number of aromatic nitrogens is 2. The Hall–Kier alpha value is -1.46. The fourth-order valence-corrected chi connectivity index (χ4v) is 2.49. The average Bonchev–Trinajstić information content (AvgIpc) is 2.82. The molecule has 5 heteroatoms. The summed E-state index contributed by atoms with van der Waals surface area (Å²) in [6.07, 6.45) is 3.22. The van der Waals surface area contributed by atoms with Crippen LogP contribution in [-0.2, 0) is 7.05 Å². The van der Waals surface area contributed by atoms with E-state index in [0.29, 0.717) is 5.75 Å². The van der Waals surface area contributed by atoms with E-state index in [1.807, 2.05) is 37.5 Å². The first kappa shape index (κ1) is 13.0. The Morgan fingerprint density at radius 2 is 2.33 bits per heavy atom. The van der Waals surface area contributed by atoms with E-state index in [9.17, 15) is 5.11 Å². The second-order valence-corrected chi connectivity index (χ2v) is 5.05. The number of nitrogens with zero attached hydrogens (tertiary/aromatic N) is 2. The number of rotatable bonds is 5. The summed E-state index contributed by atoms with van der Waals surface area (Å²) in [6.45, 7) is 0. The van der Waals surface area contributed by atoms with Crippen LogP contribution >= 0.6 is 11.8 Å². The van der Waals surface area contributed by atoms with Crippen molar-refractivity contribution in [2.24, 2.45) is 7.05 Å². The van der Waals surface area contributed by atoms with Gasteiger partial charge in [-0.25, -0.2) is 0 Å². The average molecular weight is 264 g/mol. The molecule has 0 saturated heterocycles. The highest BCUT2D eigenvalue weighted by atomic mass is 32.2. The van der Waals surface area contributed by atoms with Gasteiger partial charge in [-0.15, -0.1) is 11.8 Å². The monoisotopic (exact) mass is 264 g/mol. The zero-order valence-electron chi connectivity index (χ0n) is 10.4. The largest absolute Gasteiger partial charge is 0.497 e. The van der Waals surface area contributed by atoms with Gasteiger partial charge in [-0.2, -0.15) is 5.10 Å². The third-order valence-corrected chi connectivity index (χ3v) is 3.59. The summed E-state index contributed by atoms with van der Waals surface area (Å²) >= 11 is 1.58. The second kappa shape index (κ2) is 5.93. The summed E-state index contributed by atoms with van der Waals surface area (Å²) < 4.78 is 6.89. The van der Waals surface area contributed by atoms with Crippen molar-refractivity contribution in [3.05, 3.63) is 42.2 Å². The van der Waals surface area contributed by atoms with E-state index in [2.05, 4.69) is 5.10 Å². The molecule has 2 aromatic rings. The number of thioether (sulfide) groups is 1. The van der Waals surface area contributed by atoms with Gasteiger partial charge in [0.15, 0.2) is 0 Å². The number of hydrogen-bond acceptors (Lipinski definition) is 4. The van der Waals surface area contributed by atoms with Crippen molar-refractivity contribution < 1.29 is 9.84 Å². The van der Waals surface area contributed by atoms with Crippen LogP contribution in [0.15, 0.2) is 41.6 Å². The van der Waals surface area contributed by atoms with Gasteiger partial charge in [-0.05, 0) is 17.7 Å². The molecule has 1 unspecified atom stereocenters. The topological polar surface area (TPSA) is 47.3 Å². The molecule has 0 bridgehead atoms. The smallest absolute Gasteiger partial charge is 0.119 e. The van der Waals surface area contributed by atoms with E-state index in [1.165, 1.54) is 0 Å². The minimum absolute atomic E-state index is 0.509. The quantitative estimate of drug-likeness (QED) is 0.841. The van der Waals surface area contributed by atoms with Crippen LogP contribution in [0.4, 0.5) is 0 Å². The van der Waals surface area contributed by atoms with Crippen LogP contribution < -0.4 is 4.74 Å². The Bertz CT molecular complexity index is 513. The fourth-order valence-electron chi connectivity index (χ4n) is 1.59. The molecule has 96 valence electrons. The Kier molecular flexibility index (Phi) is 4.28. The first-order valence-electron chi connectivity index (χ1n) is 5.62. The number of aliphatic hydroxyl groups excluding tert-OH is 1. The molecular weight excluding hydrogens is 248 g/mol. The molecule has 2 rings (SSSR count). The molecule has 0 fully saturated rings. The zero-order valence-corrected chi connectivity index (χ0v) is 11.2. The number of ether oxygens (including phenoxy) is 1. The van der Waals surface area contributed by atoms with Gasteiger partial charge >= 0.3 is 0 Å². The van der Waals surface area contributed by atoms with Gasteiger partial charge < -0.3 is 9.84 Å². The van der Waals surface area contributed by atoms with Gasteiger partial charge in [0, 0.05) is 23.9 Å². The van der Waals surface area contributed by atoms with E-state index in [1.54, 1.807) is 29.8 Å². The molecule has 1 atom stereocenters. The molecule has 0 aliphatic carbocycles. The lowest BCUT2D eigenvalue weighted by molar-refractivity contribution is 0.203. The van der Waals surface area contributed by atoms with E-state index in [4.69, 9.17) is 4.74 Å². The number of hydrogen-bond donors (Lipinski definition) is 1. The summed E-state index contributed by atoms with van der Waals surface area (Å²) in [5.41, 5.74) is 0.866. The first-order chi connectivity index (χ1) is 8.69. The van der Waals surface area contributed by atoms with Gasteiger partial charge in [0.25, 0.3) is 0 Å². The van der Waals surface area contributed by atoms with Crippen molar-refractivity contribution in [1.82, 2.24) is 9.78 Å². The lowest BCUT2D eigenvalue weighted by Crippen LogP contribution is -2.00. The normalized spacial score (nSPS) is 12.4. The summed E-state index contributed by atoms with van der Waals surface area (Å²) in [5, 5.41) is 14.2. The van der Waals surface area contributed by atoms with Gasteiger partial charge in [-0.1, -0.05) is 12.1 Å².